The molecule has 4 aromatic rings. The van der Waals surface area contributed by atoms with Crippen molar-refractivity contribution >= 4 is 33.4 Å². The van der Waals surface area contributed by atoms with E-state index in [9.17, 15) is 18.0 Å². The summed E-state index contributed by atoms with van der Waals surface area (Å²) in [6.45, 7) is 2.05. The molecule has 0 unspecified atom stereocenters. The topological polar surface area (TPSA) is 106 Å². The van der Waals surface area contributed by atoms with E-state index in [0.717, 1.165) is 0 Å². The number of rotatable bonds is 9. The number of ether oxygens (including phenoxy) is 1. The molecule has 188 valence electrons. The van der Waals surface area contributed by atoms with E-state index in [-0.39, 0.29) is 24.0 Å². The lowest BCUT2D eigenvalue weighted by Gasteiger charge is -2.23. The Kier molecular flexibility index (Phi) is 7.95. The van der Waals surface area contributed by atoms with Gasteiger partial charge in [-0.05, 0) is 73.2 Å². The Morgan fingerprint density at radius 2 is 1.49 bits per heavy atom. The minimum Gasteiger partial charge on any atom is -0.462 e. The maximum absolute atomic E-state index is 13.4. The molecule has 0 fully saturated rings. The van der Waals surface area contributed by atoms with Gasteiger partial charge < -0.3 is 10.1 Å². The van der Waals surface area contributed by atoms with Crippen LogP contribution in [0.15, 0.2) is 108 Å². The number of esters is 1. The van der Waals surface area contributed by atoms with Gasteiger partial charge in [0.25, 0.3) is 15.9 Å². The van der Waals surface area contributed by atoms with Crippen molar-refractivity contribution in [3.8, 4) is 0 Å². The Bertz CT molecular complexity index is 1460. The lowest BCUT2D eigenvalue weighted by atomic mass is 10.1. The lowest BCUT2D eigenvalue weighted by Crippen LogP contribution is -2.31. The largest absolute Gasteiger partial charge is 0.462 e. The number of carbonyl (C=O) groups excluding carboxylic acids is 2. The molecule has 1 heterocycles. The molecule has 3 aromatic carbocycles. The summed E-state index contributed by atoms with van der Waals surface area (Å²) in [7, 11) is -3.87. The highest BCUT2D eigenvalue weighted by Crippen LogP contribution is 2.24. The highest BCUT2D eigenvalue weighted by molar-refractivity contribution is 7.92. The summed E-state index contributed by atoms with van der Waals surface area (Å²) in [5.74, 6) is -0.474. The van der Waals surface area contributed by atoms with Crippen molar-refractivity contribution in [2.75, 3.05) is 16.2 Å². The lowest BCUT2D eigenvalue weighted by molar-refractivity contribution is 0.0526. The van der Waals surface area contributed by atoms with Gasteiger partial charge in [-0.1, -0.05) is 36.4 Å². The number of anilines is 2. The van der Waals surface area contributed by atoms with Gasteiger partial charge in [0.15, 0.2) is 0 Å². The predicted octanol–water partition coefficient (Wildman–Crippen LogP) is 4.91. The van der Waals surface area contributed by atoms with Crippen LogP contribution in [0.1, 0.15) is 33.2 Å². The monoisotopic (exact) mass is 515 g/mol. The summed E-state index contributed by atoms with van der Waals surface area (Å²) in [4.78, 5) is 28.9. The zero-order valence-electron chi connectivity index (χ0n) is 20.1. The molecule has 0 bridgehead atoms. The fourth-order valence-electron chi connectivity index (χ4n) is 3.54. The van der Waals surface area contributed by atoms with Crippen LogP contribution in [0.2, 0.25) is 0 Å². The van der Waals surface area contributed by atoms with Gasteiger partial charge in [0, 0.05) is 17.4 Å². The standard InChI is InChI=1S/C28H25N3O5S/c1-2-36-28(33)23-15-17-24(18-16-23)30-27(32)22-13-11-21(12-14-22)20-31(26-10-6-7-19-29-26)37(34,35)25-8-4-3-5-9-25/h3-19H,2,20H2,1H3,(H,30,32). The van der Waals surface area contributed by atoms with Crippen LogP contribution in [0.25, 0.3) is 0 Å². The molecule has 1 aromatic heterocycles. The van der Waals surface area contributed by atoms with Crippen molar-refractivity contribution in [2.24, 2.45) is 0 Å². The molecular formula is C28H25N3O5S. The second kappa shape index (κ2) is 11.5. The quantitative estimate of drug-likeness (QED) is 0.318. The van der Waals surface area contributed by atoms with Crippen LogP contribution in [0.3, 0.4) is 0 Å². The Balaban J connectivity index is 1.50. The summed E-state index contributed by atoms with van der Waals surface area (Å²) < 4.78 is 33.0. The van der Waals surface area contributed by atoms with Crippen molar-refractivity contribution in [1.29, 1.82) is 0 Å². The van der Waals surface area contributed by atoms with Crippen molar-refractivity contribution in [3.05, 3.63) is 120 Å². The predicted molar refractivity (Wildman–Crippen MR) is 141 cm³/mol. The van der Waals surface area contributed by atoms with Gasteiger partial charge in [-0.2, -0.15) is 0 Å². The number of amides is 1. The van der Waals surface area contributed by atoms with Gasteiger partial charge >= 0.3 is 5.97 Å². The SMILES string of the molecule is CCOC(=O)c1ccc(NC(=O)c2ccc(CN(c3ccccn3)S(=O)(=O)c3ccccc3)cc2)cc1. The summed E-state index contributed by atoms with van der Waals surface area (Å²) in [6.07, 6.45) is 1.54. The minimum absolute atomic E-state index is 0.0332. The Labute approximate surface area is 215 Å². The molecule has 0 aliphatic heterocycles. The molecule has 0 aliphatic rings. The van der Waals surface area contributed by atoms with Gasteiger partial charge in [-0.15, -0.1) is 0 Å². The summed E-state index contributed by atoms with van der Waals surface area (Å²) in [5.41, 5.74) is 2.00. The van der Waals surface area contributed by atoms with Crippen LogP contribution in [-0.2, 0) is 21.3 Å². The van der Waals surface area contributed by atoms with Crippen molar-refractivity contribution in [1.82, 2.24) is 4.98 Å². The Morgan fingerprint density at radius 1 is 0.838 bits per heavy atom. The molecule has 0 aliphatic carbocycles. The summed E-state index contributed by atoms with van der Waals surface area (Å²) >= 11 is 0. The minimum atomic E-state index is -3.87. The second-order valence-electron chi connectivity index (χ2n) is 7.96. The molecule has 0 saturated carbocycles. The highest BCUT2D eigenvalue weighted by atomic mass is 32.2. The zero-order valence-corrected chi connectivity index (χ0v) is 20.9. The third-order valence-corrected chi connectivity index (χ3v) is 7.20. The average Bonchev–Trinajstić information content (AvgIpc) is 2.93. The number of carbonyl (C=O) groups is 2. The maximum Gasteiger partial charge on any atom is 0.338 e. The van der Waals surface area contributed by atoms with E-state index in [1.165, 1.54) is 22.6 Å². The molecule has 8 nitrogen and oxygen atoms in total. The first-order valence-electron chi connectivity index (χ1n) is 11.5. The molecule has 0 saturated heterocycles. The van der Waals surface area contributed by atoms with Crippen LogP contribution in [0.4, 0.5) is 11.5 Å². The summed E-state index contributed by atoms with van der Waals surface area (Å²) in [5, 5.41) is 2.78. The third kappa shape index (κ3) is 6.20. The van der Waals surface area contributed by atoms with E-state index in [1.807, 2.05) is 0 Å². The van der Waals surface area contributed by atoms with Gasteiger partial charge in [-0.3, -0.25) is 4.79 Å². The van der Waals surface area contributed by atoms with E-state index >= 15 is 0 Å². The van der Waals surface area contributed by atoms with E-state index in [1.54, 1.807) is 91.9 Å². The first-order valence-corrected chi connectivity index (χ1v) is 13.0. The number of pyridine rings is 1. The van der Waals surface area contributed by atoms with Crippen LogP contribution in [0.5, 0.6) is 0 Å². The van der Waals surface area contributed by atoms with Gasteiger partial charge in [0.05, 0.1) is 23.6 Å². The molecule has 1 N–H and O–H groups in total. The molecule has 4 rings (SSSR count). The first kappa shape index (κ1) is 25.6. The van der Waals surface area contributed by atoms with E-state index in [4.69, 9.17) is 4.74 Å². The highest BCUT2D eigenvalue weighted by Gasteiger charge is 2.26. The Morgan fingerprint density at radius 3 is 2.11 bits per heavy atom. The molecule has 1 amide bonds. The normalized spacial score (nSPS) is 10.9. The second-order valence-corrected chi connectivity index (χ2v) is 9.82. The van der Waals surface area contributed by atoms with Crippen molar-refractivity contribution in [3.63, 3.8) is 0 Å². The number of nitrogens with one attached hydrogen (secondary N) is 1. The average molecular weight is 516 g/mol. The first-order chi connectivity index (χ1) is 17.9. The Hall–Kier alpha value is -4.50. The fourth-order valence-corrected chi connectivity index (χ4v) is 4.97. The molecular weight excluding hydrogens is 490 g/mol. The van der Waals surface area contributed by atoms with E-state index in [0.29, 0.717) is 28.2 Å². The number of sulfonamides is 1. The van der Waals surface area contributed by atoms with Crippen molar-refractivity contribution in [2.45, 2.75) is 18.4 Å². The molecule has 37 heavy (non-hydrogen) atoms. The summed E-state index contributed by atoms with van der Waals surface area (Å²) in [6, 6.07) is 26.3. The maximum atomic E-state index is 13.4. The third-order valence-electron chi connectivity index (χ3n) is 5.43. The van der Waals surface area contributed by atoms with Crippen LogP contribution in [-0.4, -0.2) is 31.9 Å². The molecule has 0 radical (unpaired) electrons. The zero-order chi connectivity index (χ0) is 26.3. The van der Waals surface area contributed by atoms with Gasteiger partial charge in [0.2, 0.25) is 0 Å². The number of hydrogen-bond donors (Lipinski definition) is 1. The van der Waals surface area contributed by atoms with E-state index < -0.39 is 16.0 Å². The molecule has 0 atom stereocenters. The van der Waals surface area contributed by atoms with Crippen molar-refractivity contribution < 1.29 is 22.7 Å². The number of benzene rings is 3. The smallest absolute Gasteiger partial charge is 0.338 e. The van der Waals surface area contributed by atoms with Gasteiger partial charge in [0.1, 0.15) is 5.82 Å². The number of hydrogen-bond acceptors (Lipinski definition) is 6. The number of aromatic nitrogens is 1. The fraction of sp³-hybridized carbons (Fsp3) is 0.107. The molecule has 0 spiro atoms. The van der Waals surface area contributed by atoms with Crippen LogP contribution >= 0.6 is 0 Å². The van der Waals surface area contributed by atoms with Gasteiger partial charge in [-0.25, -0.2) is 22.5 Å². The number of nitrogens with zero attached hydrogens (tertiary/aromatic N) is 2. The molecule has 9 heteroatoms. The van der Waals surface area contributed by atoms with Crippen LogP contribution in [0, 0.1) is 0 Å². The van der Waals surface area contributed by atoms with E-state index in [2.05, 4.69) is 10.3 Å². The van der Waals surface area contributed by atoms with Crippen LogP contribution < -0.4 is 9.62 Å².